The Morgan fingerprint density at radius 1 is 1.14 bits per heavy atom. The number of nitrogens with one attached hydrogen (secondary N) is 1. The monoisotopic (exact) mass is 435 g/mol. The lowest BCUT2D eigenvalue weighted by Gasteiger charge is -2.33. The Balaban J connectivity index is 1.36. The standard InChI is InChI=1S/C21H29N3O3S2/c1-29(25,26)23-19-12-14-24(21-11-13-22-28-21)20(19)15-27-18-9-7-17(8-10-18)16-5-3-2-4-6-16/h2-6,11,13,17-20,23H,7-10,12,14-15H2,1H3/t17?,18?,19-,20-/m0/s1. The van der Waals surface area contributed by atoms with Crippen LogP contribution in [0.5, 0.6) is 0 Å². The molecule has 0 spiro atoms. The van der Waals surface area contributed by atoms with Gasteiger partial charge in [-0.25, -0.2) is 13.1 Å². The lowest BCUT2D eigenvalue weighted by atomic mass is 9.83. The highest BCUT2D eigenvalue weighted by molar-refractivity contribution is 7.88. The molecule has 0 bridgehead atoms. The molecule has 6 nitrogen and oxygen atoms in total. The van der Waals surface area contributed by atoms with E-state index in [9.17, 15) is 8.42 Å². The molecule has 1 aromatic heterocycles. The van der Waals surface area contributed by atoms with Crippen LogP contribution in [0.15, 0.2) is 42.6 Å². The van der Waals surface area contributed by atoms with Crippen molar-refractivity contribution in [2.75, 3.05) is 24.3 Å². The number of benzene rings is 1. The van der Waals surface area contributed by atoms with Crippen LogP contribution in [-0.4, -0.2) is 50.4 Å². The fourth-order valence-electron chi connectivity index (χ4n) is 4.63. The summed E-state index contributed by atoms with van der Waals surface area (Å²) in [5, 5.41) is 1.07. The molecule has 29 heavy (non-hydrogen) atoms. The lowest BCUT2D eigenvalue weighted by molar-refractivity contribution is 0.0157. The molecule has 1 saturated carbocycles. The third-order valence-corrected chi connectivity index (χ3v) is 7.58. The van der Waals surface area contributed by atoms with Gasteiger partial charge in [0.2, 0.25) is 10.0 Å². The van der Waals surface area contributed by atoms with Crippen LogP contribution >= 0.6 is 11.5 Å². The maximum atomic E-state index is 11.8. The second kappa shape index (κ2) is 9.12. The molecule has 2 aliphatic rings. The number of sulfonamides is 1. The molecule has 4 rings (SSSR count). The van der Waals surface area contributed by atoms with Crippen LogP contribution in [0.1, 0.15) is 43.6 Å². The van der Waals surface area contributed by atoms with E-state index in [1.54, 1.807) is 6.20 Å². The van der Waals surface area contributed by atoms with Crippen molar-refractivity contribution >= 4 is 26.6 Å². The highest BCUT2D eigenvalue weighted by Crippen LogP contribution is 2.35. The zero-order valence-corrected chi connectivity index (χ0v) is 18.4. The number of hydrogen-bond donors (Lipinski definition) is 1. The van der Waals surface area contributed by atoms with Crippen molar-refractivity contribution in [2.24, 2.45) is 0 Å². The van der Waals surface area contributed by atoms with Gasteiger partial charge in [0, 0.05) is 18.8 Å². The minimum atomic E-state index is -3.26. The van der Waals surface area contributed by atoms with Gasteiger partial charge in [-0.1, -0.05) is 30.3 Å². The second-order valence-electron chi connectivity index (χ2n) is 8.11. The molecule has 0 radical (unpaired) electrons. The molecule has 1 N–H and O–H groups in total. The fraction of sp³-hybridized carbons (Fsp3) is 0.571. The minimum absolute atomic E-state index is 0.00276. The maximum absolute atomic E-state index is 11.8. The van der Waals surface area contributed by atoms with E-state index in [2.05, 4.69) is 44.3 Å². The van der Waals surface area contributed by atoms with Crippen LogP contribution in [0.2, 0.25) is 0 Å². The molecule has 0 unspecified atom stereocenters. The summed E-state index contributed by atoms with van der Waals surface area (Å²) in [6.45, 7) is 1.34. The quantitative estimate of drug-likeness (QED) is 0.722. The van der Waals surface area contributed by atoms with E-state index in [-0.39, 0.29) is 18.2 Å². The summed E-state index contributed by atoms with van der Waals surface area (Å²) in [6.07, 6.45) is 8.43. The number of ether oxygens (including phenoxy) is 1. The molecule has 1 saturated heterocycles. The molecule has 1 aliphatic carbocycles. The molecule has 8 heteroatoms. The third-order valence-electron chi connectivity index (χ3n) is 6.07. The van der Waals surface area contributed by atoms with E-state index in [0.29, 0.717) is 12.5 Å². The van der Waals surface area contributed by atoms with Crippen molar-refractivity contribution < 1.29 is 13.2 Å². The lowest BCUT2D eigenvalue weighted by Crippen LogP contribution is -2.47. The Bertz CT molecular complexity index is 866. The molecule has 2 fully saturated rings. The second-order valence-corrected chi connectivity index (χ2v) is 10.7. The number of aromatic nitrogens is 1. The van der Waals surface area contributed by atoms with Crippen LogP contribution in [0, 0.1) is 0 Å². The third kappa shape index (κ3) is 5.36. The minimum Gasteiger partial charge on any atom is -0.376 e. The van der Waals surface area contributed by atoms with Gasteiger partial charge in [-0.3, -0.25) is 0 Å². The largest absolute Gasteiger partial charge is 0.376 e. The van der Waals surface area contributed by atoms with E-state index in [1.807, 2.05) is 6.07 Å². The van der Waals surface area contributed by atoms with Gasteiger partial charge in [-0.15, -0.1) is 0 Å². The van der Waals surface area contributed by atoms with Crippen molar-refractivity contribution in [3.8, 4) is 0 Å². The van der Waals surface area contributed by atoms with Gasteiger partial charge in [0.15, 0.2) is 0 Å². The summed E-state index contributed by atoms with van der Waals surface area (Å²) >= 11 is 1.45. The first-order valence-corrected chi connectivity index (χ1v) is 13.0. The normalized spacial score (nSPS) is 28.0. The Morgan fingerprint density at radius 3 is 2.55 bits per heavy atom. The van der Waals surface area contributed by atoms with Crippen molar-refractivity contribution in [2.45, 2.75) is 56.2 Å². The first kappa shape index (κ1) is 20.8. The van der Waals surface area contributed by atoms with Gasteiger partial charge in [-0.05, 0) is 61.2 Å². The van der Waals surface area contributed by atoms with E-state index in [1.165, 1.54) is 23.4 Å². The topological polar surface area (TPSA) is 71.5 Å². The highest BCUT2D eigenvalue weighted by atomic mass is 32.2. The molecular weight excluding hydrogens is 406 g/mol. The summed E-state index contributed by atoms with van der Waals surface area (Å²) in [5.41, 5.74) is 1.43. The molecule has 1 aromatic carbocycles. The Hall–Kier alpha value is -1.48. The molecule has 2 aromatic rings. The number of anilines is 1. The van der Waals surface area contributed by atoms with E-state index in [0.717, 1.165) is 43.6 Å². The Labute approximate surface area is 177 Å². The van der Waals surface area contributed by atoms with Crippen molar-refractivity contribution in [3.05, 3.63) is 48.2 Å². The molecule has 2 heterocycles. The van der Waals surface area contributed by atoms with Crippen LogP contribution in [0.25, 0.3) is 0 Å². The van der Waals surface area contributed by atoms with Crippen molar-refractivity contribution in [1.82, 2.24) is 9.10 Å². The Kier molecular flexibility index (Phi) is 6.53. The number of rotatable bonds is 7. The predicted octanol–water partition coefficient (Wildman–Crippen LogP) is 3.38. The summed E-state index contributed by atoms with van der Waals surface area (Å²) in [4.78, 5) is 2.25. The molecular formula is C21H29N3O3S2. The molecule has 158 valence electrons. The predicted molar refractivity (Wildman–Crippen MR) is 117 cm³/mol. The van der Waals surface area contributed by atoms with Gasteiger partial charge in [0.25, 0.3) is 0 Å². The van der Waals surface area contributed by atoms with Crippen molar-refractivity contribution in [1.29, 1.82) is 0 Å². The molecule has 0 amide bonds. The smallest absolute Gasteiger partial charge is 0.209 e. The van der Waals surface area contributed by atoms with E-state index >= 15 is 0 Å². The number of nitrogens with zero attached hydrogens (tertiary/aromatic N) is 2. The van der Waals surface area contributed by atoms with Crippen LogP contribution in [0.4, 0.5) is 5.00 Å². The van der Waals surface area contributed by atoms with Gasteiger partial charge in [0.05, 0.1) is 25.0 Å². The Morgan fingerprint density at radius 2 is 1.90 bits per heavy atom. The average Bonchev–Trinajstić information content (AvgIpc) is 3.36. The van der Waals surface area contributed by atoms with Crippen molar-refractivity contribution in [3.63, 3.8) is 0 Å². The summed E-state index contributed by atoms with van der Waals surface area (Å²) < 4.78 is 37.0. The van der Waals surface area contributed by atoms with Crippen LogP contribution < -0.4 is 9.62 Å². The average molecular weight is 436 g/mol. The van der Waals surface area contributed by atoms with Gasteiger partial charge < -0.3 is 9.64 Å². The summed E-state index contributed by atoms with van der Waals surface area (Å²) in [5.74, 6) is 0.621. The first-order valence-electron chi connectivity index (χ1n) is 10.3. The summed E-state index contributed by atoms with van der Waals surface area (Å²) in [6, 6.07) is 12.6. The van der Waals surface area contributed by atoms with E-state index < -0.39 is 10.0 Å². The van der Waals surface area contributed by atoms with Gasteiger partial charge in [-0.2, -0.15) is 4.37 Å². The maximum Gasteiger partial charge on any atom is 0.209 e. The zero-order valence-electron chi connectivity index (χ0n) is 16.7. The fourth-order valence-corrected chi connectivity index (χ4v) is 6.13. The van der Waals surface area contributed by atoms with Gasteiger partial charge in [0.1, 0.15) is 5.00 Å². The zero-order chi connectivity index (χ0) is 20.3. The summed E-state index contributed by atoms with van der Waals surface area (Å²) in [7, 11) is -3.26. The number of hydrogen-bond acceptors (Lipinski definition) is 6. The first-order chi connectivity index (χ1) is 14.0. The molecule has 1 aliphatic heterocycles. The SMILES string of the molecule is CS(=O)(=O)N[C@H]1CCN(c2ccns2)[C@H]1COC1CCC(c2ccccc2)CC1. The van der Waals surface area contributed by atoms with Crippen LogP contribution in [-0.2, 0) is 14.8 Å². The van der Waals surface area contributed by atoms with Crippen LogP contribution in [0.3, 0.4) is 0 Å². The molecule has 2 atom stereocenters. The van der Waals surface area contributed by atoms with Gasteiger partial charge >= 0.3 is 0 Å². The highest BCUT2D eigenvalue weighted by Gasteiger charge is 2.37. The van der Waals surface area contributed by atoms with E-state index in [4.69, 9.17) is 4.74 Å².